The number of aliphatic hydroxyl groups is 1. The zero-order valence-electron chi connectivity index (χ0n) is 15.9. The highest BCUT2D eigenvalue weighted by atomic mass is 32.1. The fourth-order valence-corrected chi connectivity index (χ4v) is 2.95. The van der Waals surface area contributed by atoms with Gasteiger partial charge in [-0.3, -0.25) is 5.43 Å². The monoisotopic (exact) mass is 423 g/mol. The number of hydrazone groups is 1. The Kier molecular flexibility index (Phi) is 7.08. The van der Waals surface area contributed by atoms with Gasteiger partial charge in [-0.1, -0.05) is 54.6 Å². The molecule has 7 nitrogen and oxygen atoms in total. The number of carbonyl (C=O) groups is 1. The van der Waals surface area contributed by atoms with Gasteiger partial charge in [-0.05, 0) is 42.1 Å². The summed E-state index contributed by atoms with van der Waals surface area (Å²) in [4.78, 5) is 11.1. The Hall–Kier alpha value is -3.33. The topological polar surface area (TPSA) is 103 Å². The van der Waals surface area contributed by atoms with Crippen molar-refractivity contribution >= 4 is 35.2 Å². The molecule has 3 rings (SSSR count). The number of aliphatic hydroxyl groups excluding tert-OH is 1. The summed E-state index contributed by atoms with van der Waals surface area (Å²) in [5.41, 5.74) is 3.12. The van der Waals surface area contributed by atoms with Gasteiger partial charge in [-0.2, -0.15) is 5.10 Å². The van der Waals surface area contributed by atoms with Crippen molar-refractivity contribution in [2.24, 2.45) is 5.10 Å². The molecule has 0 amide bonds. The molecule has 4 N–H and O–H groups in total. The molecule has 0 bridgehead atoms. The lowest BCUT2D eigenvalue weighted by molar-refractivity contribution is -0.0360. The summed E-state index contributed by atoms with van der Waals surface area (Å²) in [7, 11) is 0. The lowest BCUT2D eigenvalue weighted by Crippen LogP contribution is -2.45. The van der Waals surface area contributed by atoms with Crippen molar-refractivity contribution < 1.29 is 19.7 Å². The number of rotatable bonds is 7. The Balaban J connectivity index is 1.65. The fraction of sp³-hybridized carbons (Fsp3) is 0.136. The molecule has 2 aromatic carbocycles. The quantitative estimate of drug-likeness (QED) is 0.308. The summed E-state index contributed by atoms with van der Waals surface area (Å²) in [5.74, 6) is -1.03. The van der Waals surface area contributed by atoms with Crippen LogP contribution in [0.3, 0.4) is 0 Å². The molecule has 0 saturated carbocycles. The number of allylic oxidation sites excluding steroid dienone is 2. The van der Waals surface area contributed by atoms with E-state index in [1.54, 1.807) is 36.4 Å². The van der Waals surface area contributed by atoms with Crippen molar-refractivity contribution in [3.05, 3.63) is 90.0 Å². The molecule has 0 spiro atoms. The Bertz CT molecular complexity index is 991. The SMILES string of the molecule is O=C(O)c1cccc(NC(=S)N/N=C\C2(OCc3ccccc3)C=CC=CC2O)c1. The van der Waals surface area contributed by atoms with E-state index in [4.69, 9.17) is 22.1 Å². The largest absolute Gasteiger partial charge is 0.478 e. The van der Waals surface area contributed by atoms with Crippen molar-refractivity contribution in [2.45, 2.75) is 18.3 Å². The molecule has 0 radical (unpaired) electrons. The fourth-order valence-electron chi connectivity index (χ4n) is 2.78. The van der Waals surface area contributed by atoms with E-state index in [0.29, 0.717) is 5.69 Å². The Labute approximate surface area is 179 Å². The molecule has 0 heterocycles. The highest BCUT2D eigenvalue weighted by Crippen LogP contribution is 2.23. The van der Waals surface area contributed by atoms with Gasteiger partial charge in [0.15, 0.2) is 10.7 Å². The third kappa shape index (κ3) is 5.60. The first-order valence-electron chi connectivity index (χ1n) is 9.15. The Morgan fingerprint density at radius 1 is 1.20 bits per heavy atom. The van der Waals surface area contributed by atoms with E-state index >= 15 is 0 Å². The summed E-state index contributed by atoms with van der Waals surface area (Å²) in [6, 6.07) is 15.9. The van der Waals surface area contributed by atoms with Crippen LogP contribution >= 0.6 is 12.2 Å². The van der Waals surface area contributed by atoms with Gasteiger partial charge < -0.3 is 20.3 Å². The van der Waals surface area contributed by atoms with Crippen LogP contribution in [-0.4, -0.2) is 39.2 Å². The van der Waals surface area contributed by atoms with Crippen LogP contribution in [0.15, 0.2) is 84.0 Å². The molecular formula is C22H21N3O4S. The minimum Gasteiger partial charge on any atom is -0.478 e. The van der Waals surface area contributed by atoms with Crippen molar-refractivity contribution in [2.75, 3.05) is 5.32 Å². The third-order valence-electron chi connectivity index (χ3n) is 4.35. The summed E-state index contributed by atoms with van der Waals surface area (Å²) >= 11 is 5.20. The average molecular weight is 423 g/mol. The van der Waals surface area contributed by atoms with Crippen molar-refractivity contribution in [1.29, 1.82) is 0 Å². The van der Waals surface area contributed by atoms with E-state index in [1.807, 2.05) is 30.3 Å². The molecule has 1 aliphatic carbocycles. The number of aromatic carboxylic acids is 1. The molecule has 1 aliphatic rings. The first-order valence-corrected chi connectivity index (χ1v) is 9.56. The number of thiocarbonyl (C=S) groups is 1. The van der Waals surface area contributed by atoms with E-state index in [0.717, 1.165) is 5.56 Å². The standard InChI is InChI=1S/C22H21N3O4S/c26-19-11-4-5-12-22(19,29-14-16-7-2-1-3-8-16)15-23-25-21(30)24-18-10-6-9-17(13-18)20(27)28/h1-13,15,19,26H,14H2,(H,27,28)(H2,24,25,30)/b23-15-. The zero-order valence-corrected chi connectivity index (χ0v) is 16.8. The number of carboxylic acid groups (broad SMARTS) is 1. The molecule has 0 fully saturated rings. The molecule has 154 valence electrons. The van der Waals surface area contributed by atoms with Crippen LogP contribution < -0.4 is 10.7 Å². The van der Waals surface area contributed by atoms with Crippen molar-refractivity contribution in [3.8, 4) is 0 Å². The van der Waals surface area contributed by atoms with Crippen LogP contribution in [-0.2, 0) is 11.3 Å². The number of benzene rings is 2. The van der Waals surface area contributed by atoms with Gasteiger partial charge in [0.05, 0.1) is 18.4 Å². The second kappa shape index (κ2) is 9.93. The number of carboxylic acids is 1. The minimum atomic E-state index is -1.16. The highest BCUT2D eigenvalue weighted by Gasteiger charge is 2.35. The molecule has 2 atom stereocenters. The van der Waals surface area contributed by atoms with Gasteiger partial charge in [0.2, 0.25) is 0 Å². The predicted octanol–water partition coefficient (Wildman–Crippen LogP) is 3.10. The molecule has 0 aliphatic heterocycles. The Morgan fingerprint density at radius 3 is 2.73 bits per heavy atom. The number of hydrogen-bond donors (Lipinski definition) is 4. The van der Waals surface area contributed by atoms with E-state index < -0.39 is 17.7 Å². The van der Waals surface area contributed by atoms with Crippen molar-refractivity contribution in [3.63, 3.8) is 0 Å². The lowest BCUT2D eigenvalue weighted by Gasteiger charge is -2.32. The van der Waals surface area contributed by atoms with Crippen LogP contribution in [0.5, 0.6) is 0 Å². The van der Waals surface area contributed by atoms with E-state index in [-0.39, 0.29) is 17.3 Å². The van der Waals surface area contributed by atoms with E-state index in [2.05, 4.69) is 15.8 Å². The number of ether oxygens (including phenoxy) is 1. The van der Waals surface area contributed by atoms with Gasteiger partial charge in [0.1, 0.15) is 6.10 Å². The van der Waals surface area contributed by atoms with Crippen LogP contribution in [0, 0.1) is 0 Å². The maximum absolute atomic E-state index is 11.1. The van der Waals surface area contributed by atoms with Gasteiger partial charge in [0, 0.05) is 5.69 Å². The summed E-state index contributed by atoms with van der Waals surface area (Å²) in [6.45, 7) is 0.285. The third-order valence-corrected chi connectivity index (χ3v) is 4.55. The van der Waals surface area contributed by atoms with Crippen LogP contribution in [0.2, 0.25) is 0 Å². The highest BCUT2D eigenvalue weighted by molar-refractivity contribution is 7.80. The molecule has 2 unspecified atom stereocenters. The van der Waals surface area contributed by atoms with Gasteiger partial charge in [0.25, 0.3) is 0 Å². The second-order valence-electron chi connectivity index (χ2n) is 6.53. The average Bonchev–Trinajstić information content (AvgIpc) is 2.75. The second-order valence-corrected chi connectivity index (χ2v) is 6.94. The van der Waals surface area contributed by atoms with E-state index in [9.17, 15) is 9.90 Å². The first-order chi connectivity index (χ1) is 14.5. The minimum absolute atomic E-state index is 0.141. The van der Waals surface area contributed by atoms with Gasteiger partial charge in [-0.15, -0.1) is 0 Å². The maximum Gasteiger partial charge on any atom is 0.335 e. The zero-order chi connectivity index (χ0) is 21.4. The lowest BCUT2D eigenvalue weighted by atomic mass is 9.93. The van der Waals surface area contributed by atoms with Crippen LogP contribution in [0.1, 0.15) is 15.9 Å². The molecule has 30 heavy (non-hydrogen) atoms. The first kappa shape index (κ1) is 21.4. The smallest absolute Gasteiger partial charge is 0.335 e. The molecule has 8 heteroatoms. The number of hydrogen-bond acceptors (Lipinski definition) is 5. The van der Waals surface area contributed by atoms with Gasteiger partial charge >= 0.3 is 5.97 Å². The normalized spacial score (nSPS) is 20.2. The summed E-state index contributed by atoms with van der Waals surface area (Å²) in [6.07, 6.45) is 7.37. The van der Waals surface area contributed by atoms with Crippen molar-refractivity contribution in [1.82, 2.24) is 5.43 Å². The predicted molar refractivity (Wildman–Crippen MR) is 119 cm³/mol. The molecule has 0 aromatic heterocycles. The Morgan fingerprint density at radius 2 is 2.00 bits per heavy atom. The number of nitrogens with zero attached hydrogens (tertiary/aromatic N) is 1. The van der Waals surface area contributed by atoms with Crippen LogP contribution in [0.25, 0.3) is 0 Å². The molecular weight excluding hydrogens is 402 g/mol. The van der Waals surface area contributed by atoms with Gasteiger partial charge in [-0.25, -0.2) is 4.79 Å². The molecule has 2 aromatic rings. The number of anilines is 1. The maximum atomic E-state index is 11.1. The van der Waals surface area contributed by atoms with Crippen LogP contribution in [0.4, 0.5) is 5.69 Å². The van der Waals surface area contributed by atoms with E-state index in [1.165, 1.54) is 18.3 Å². The number of nitrogens with one attached hydrogen (secondary N) is 2. The molecule has 0 saturated heterocycles. The summed E-state index contributed by atoms with van der Waals surface area (Å²) < 4.78 is 6.00. The summed E-state index contributed by atoms with van der Waals surface area (Å²) in [5, 5.41) is 26.7.